The van der Waals surface area contributed by atoms with Crippen LogP contribution in [0.2, 0.25) is 0 Å². The molecule has 5 nitrogen and oxygen atoms in total. The molecule has 0 radical (unpaired) electrons. The Labute approximate surface area is 203 Å². The molecule has 11 heteroatoms. The fourth-order valence-electron chi connectivity index (χ4n) is 1.76. The van der Waals surface area contributed by atoms with E-state index in [1.54, 1.807) is 44.7 Å². The van der Waals surface area contributed by atoms with Gasteiger partial charge in [0.15, 0.2) is 11.5 Å². The fraction of sp³-hybridized carbons (Fsp3) is 0.312. The molecule has 154 valence electrons. The van der Waals surface area contributed by atoms with Crippen molar-refractivity contribution in [3.8, 4) is 11.5 Å². The molecule has 0 amide bonds. The lowest BCUT2D eigenvalue weighted by molar-refractivity contribution is 0.219. The maximum Gasteiger partial charge on any atom is 0.211 e. The van der Waals surface area contributed by atoms with Crippen LogP contribution >= 0.6 is 74.5 Å². The van der Waals surface area contributed by atoms with Crippen LogP contribution in [0.4, 0.5) is 0 Å². The summed E-state index contributed by atoms with van der Waals surface area (Å²) in [5.41, 5.74) is 1.44. The number of aliphatic hydroxyl groups excluding tert-OH is 1. The van der Waals surface area contributed by atoms with Gasteiger partial charge in [-0.15, -0.1) is 0 Å². The molecule has 1 heterocycles. The van der Waals surface area contributed by atoms with E-state index in [0.29, 0.717) is 11.5 Å². The van der Waals surface area contributed by atoms with Gasteiger partial charge in [-0.05, 0) is 39.7 Å². The van der Waals surface area contributed by atoms with Crippen LogP contribution in [0.15, 0.2) is 41.1 Å². The number of hydrogen-bond acceptors (Lipinski definition) is 5. The highest BCUT2D eigenvalue weighted by molar-refractivity contribution is 15.0. The Morgan fingerprint density at radius 2 is 1.56 bits per heavy atom. The van der Waals surface area contributed by atoms with Crippen molar-refractivity contribution in [2.45, 2.75) is 20.0 Å². The van der Waals surface area contributed by atoms with Crippen molar-refractivity contribution in [2.24, 2.45) is 0 Å². The molecule has 0 saturated carbocycles. The molecule has 1 N–H and O–H groups in total. The Kier molecular flexibility index (Phi) is 20.5. The normalized spacial score (nSPS) is 10.2. The molecule has 2 aromatic rings. The third-order valence-corrected chi connectivity index (χ3v) is 3.26. The quantitative estimate of drug-likeness (QED) is 0.214. The summed E-state index contributed by atoms with van der Waals surface area (Å²) in [5.74, 6) is 1.22. The molecule has 0 spiro atoms. The van der Waals surface area contributed by atoms with Crippen molar-refractivity contribution in [1.29, 1.82) is 0 Å². The van der Waals surface area contributed by atoms with E-state index in [1.165, 1.54) is 0 Å². The molecule has 0 fully saturated rings. The summed E-state index contributed by atoms with van der Waals surface area (Å²) >= 11 is 7.50. The molecular weight excluding hydrogens is 707 g/mol. The number of halogens is 5. The van der Waals surface area contributed by atoms with Crippen molar-refractivity contribution in [3.63, 3.8) is 0 Å². The van der Waals surface area contributed by atoms with Gasteiger partial charge in [-0.3, -0.25) is 0 Å². The van der Waals surface area contributed by atoms with E-state index in [-0.39, 0.29) is 0 Å². The Morgan fingerprint density at radius 1 is 1.07 bits per heavy atom. The van der Waals surface area contributed by atoms with E-state index in [9.17, 15) is 5.11 Å². The van der Waals surface area contributed by atoms with Crippen molar-refractivity contribution < 1.29 is 18.8 Å². The van der Waals surface area contributed by atoms with Gasteiger partial charge in [0.1, 0.15) is 10.7 Å². The lowest BCUT2D eigenvalue weighted by Gasteiger charge is -2.14. The first-order valence-corrected chi connectivity index (χ1v) is 17.2. The molecule has 0 saturated heterocycles. The van der Waals surface area contributed by atoms with E-state index in [2.05, 4.69) is 79.5 Å². The van der Waals surface area contributed by atoms with Gasteiger partial charge in [0.2, 0.25) is 9.23 Å². The minimum absolute atomic E-state index is 0.587. The molecule has 1 aromatic heterocycles. The summed E-state index contributed by atoms with van der Waals surface area (Å²) in [6, 6.07) is 8.93. The first-order valence-electron chi connectivity index (χ1n) is 7.29. The van der Waals surface area contributed by atoms with Gasteiger partial charge in [-0.25, -0.2) is 9.19 Å². The van der Waals surface area contributed by atoms with E-state index < -0.39 is 15.3 Å². The molecule has 2 rings (SSSR count). The second-order valence-corrected chi connectivity index (χ2v) is 7.45. The Balaban J connectivity index is 0. The van der Waals surface area contributed by atoms with Gasteiger partial charge in [0.25, 0.3) is 0 Å². The fourth-order valence-corrected chi connectivity index (χ4v) is 2.00. The van der Waals surface area contributed by atoms with Crippen LogP contribution in [0.1, 0.15) is 31.1 Å². The third kappa shape index (κ3) is 12.7. The van der Waals surface area contributed by atoms with Gasteiger partial charge < -0.3 is 14.6 Å². The summed E-state index contributed by atoms with van der Waals surface area (Å²) < 4.78 is 20.2. The maximum atomic E-state index is 10.3. The number of rotatable bonds is 4. The predicted molar refractivity (Wildman–Crippen MR) is 135 cm³/mol. The molecule has 0 aliphatic heterocycles. The topological polar surface area (TPSA) is 68.7 Å². The van der Waals surface area contributed by atoms with Crippen LogP contribution in [0.3, 0.4) is 0 Å². The minimum atomic E-state index is -1.67. The molecule has 1 aromatic carbocycles. The summed E-state index contributed by atoms with van der Waals surface area (Å²) in [4.78, 5) is 4.10. The van der Waals surface area contributed by atoms with Crippen LogP contribution in [0.25, 0.3) is 0 Å². The highest BCUT2D eigenvalue weighted by Gasteiger charge is 2.14. The Hall–Kier alpha value is 0.600. The van der Waals surface area contributed by atoms with Crippen LogP contribution in [0, 0.1) is 0 Å². The van der Waals surface area contributed by atoms with Crippen LogP contribution < -0.4 is 9.47 Å². The summed E-state index contributed by atoms with van der Waals surface area (Å²) in [6.07, 6.45) is 0.881. The molecular formula is C16H20BrCl2I2NO4S. The van der Waals surface area contributed by atoms with Crippen LogP contribution in [0.5, 0.6) is 11.5 Å². The van der Waals surface area contributed by atoms with Crippen LogP contribution in [-0.2, 0) is 9.23 Å². The smallest absolute Gasteiger partial charge is 0.211 e. The summed E-state index contributed by atoms with van der Waals surface area (Å²) in [7, 11) is 10.5. The summed E-state index contributed by atoms with van der Waals surface area (Å²) in [5, 5.41) is 10.3. The monoisotopic (exact) mass is 725 g/mol. The average molecular weight is 727 g/mol. The number of aliphatic hydroxyl groups is 1. The molecule has 0 aliphatic carbocycles. The zero-order chi connectivity index (χ0) is 21.4. The predicted octanol–water partition coefficient (Wildman–Crippen LogP) is 6.78. The number of aromatic nitrogens is 1. The molecule has 1 atom stereocenters. The highest BCUT2D eigenvalue weighted by atomic mass is 128. The molecule has 0 aliphatic rings. The van der Waals surface area contributed by atoms with E-state index in [1.807, 2.05) is 19.9 Å². The highest BCUT2D eigenvalue weighted by Crippen LogP contribution is 2.32. The largest absolute Gasteiger partial charge is 0.493 e. The standard InChI is InChI=1S/C14H14BrNO3.C2H6.Cl2OS.I2/c1-18-11-5-3-9(7-12(11)19-2)14(17)10-4-6-13(15)16-8-10;1-2;1-4(2)3;1-2/h3-8,14,17H,1-2H3;1-2H3;;. The van der Waals surface area contributed by atoms with E-state index in [4.69, 9.17) is 13.7 Å². The SMILES string of the molecule is CC.COc1ccc(C(O)c2ccc(Br)nc2)cc1OC.II.O=S(Cl)Cl. The third-order valence-electron chi connectivity index (χ3n) is 2.79. The lowest BCUT2D eigenvalue weighted by Crippen LogP contribution is -2.01. The Morgan fingerprint density at radius 3 is 1.96 bits per heavy atom. The van der Waals surface area contributed by atoms with Gasteiger partial charge >= 0.3 is 0 Å². The number of benzene rings is 1. The second kappa shape index (κ2) is 18.6. The summed E-state index contributed by atoms with van der Waals surface area (Å²) in [6.45, 7) is 4.00. The first kappa shape index (κ1) is 29.8. The number of ether oxygens (including phenoxy) is 2. The second-order valence-electron chi connectivity index (χ2n) is 4.12. The molecule has 27 heavy (non-hydrogen) atoms. The number of methoxy groups -OCH3 is 2. The lowest BCUT2D eigenvalue weighted by atomic mass is 10.0. The van der Waals surface area contributed by atoms with Gasteiger partial charge in [-0.2, -0.15) is 0 Å². The van der Waals surface area contributed by atoms with Gasteiger partial charge in [-0.1, -0.05) is 26.0 Å². The zero-order valence-electron chi connectivity index (χ0n) is 15.0. The number of hydrogen-bond donors (Lipinski definition) is 1. The zero-order valence-corrected chi connectivity index (χ0v) is 23.2. The van der Waals surface area contributed by atoms with E-state index >= 15 is 0 Å². The Bertz CT molecular complexity index is 665. The molecule has 0 bridgehead atoms. The minimum Gasteiger partial charge on any atom is -0.493 e. The van der Waals surface area contributed by atoms with Gasteiger partial charge in [0.05, 0.1) is 14.2 Å². The van der Waals surface area contributed by atoms with Gasteiger partial charge in [0, 0.05) is 70.4 Å². The number of pyridine rings is 1. The molecule has 1 unspecified atom stereocenters. The van der Waals surface area contributed by atoms with E-state index in [0.717, 1.165) is 15.7 Å². The van der Waals surface area contributed by atoms with Crippen molar-refractivity contribution in [2.75, 3.05) is 14.2 Å². The van der Waals surface area contributed by atoms with Crippen molar-refractivity contribution in [3.05, 3.63) is 52.3 Å². The maximum absolute atomic E-state index is 10.3. The van der Waals surface area contributed by atoms with Crippen molar-refractivity contribution >= 4 is 83.8 Å². The van der Waals surface area contributed by atoms with Crippen LogP contribution in [-0.4, -0.2) is 28.5 Å². The number of nitrogens with zero attached hydrogens (tertiary/aromatic N) is 1. The van der Waals surface area contributed by atoms with Crippen molar-refractivity contribution in [1.82, 2.24) is 4.98 Å². The average Bonchev–Trinajstić information content (AvgIpc) is 2.70. The first-order chi connectivity index (χ1) is 12.9.